The van der Waals surface area contributed by atoms with Crippen molar-refractivity contribution in [3.63, 3.8) is 0 Å². The van der Waals surface area contributed by atoms with E-state index in [2.05, 4.69) is 49.7 Å². The first-order valence-electron chi connectivity index (χ1n) is 5.90. The summed E-state index contributed by atoms with van der Waals surface area (Å²) in [4.78, 5) is 11.5. The highest BCUT2D eigenvalue weighted by Crippen LogP contribution is 2.07. The zero-order valence-electron chi connectivity index (χ0n) is 10.7. The van der Waals surface area contributed by atoms with Crippen molar-refractivity contribution in [2.45, 2.75) is 40.7 Å². The molecule has 0 aliphatic heterocycles. The van der Waals surface area contributed by atoms with Crippen LogP contribution in [-0.2, 0) is 11.3 Å². The van der Waals surface area contributed by atoms with Gasteiger partial charge >= 0.3 is 0 Å². The molecule has 0 aromatic carbocycles. The molecule has 0 aliphatic carbocycles. The van der Waals surface area contributed by atoms with Crippen molar-refractivity contribution in [1.82, 2.24) is 9.88 Å². The second-order valence-corrected chi connectivity index (χ2v) is 4.72. The monoisotopic (exact) mass is 222 g/mol. The van der Waals surface area contributed by atoms with E-state index in [4.69, 9.17) is 0 Å². The van der Waals surface area contributed by atoms with Gasteiger partial charge < -0.3 is 9.88 Å². The van der Waals surface area contributed by atoms with Crippen LogP contribution in [0.4, 0.5) is 0 Å². The summed E-state index contributed by atoms with van der Waals surface area (Å²) in [6.45, 7) is 9.87. The smallest absolute Gasteiger partial charge is 0.221 e. The van der Waals surface area contributed by atoms with E-state index in [1.165, 1.54) is 11.4 Å². The highest BCUT2D eigenvalue weighted by atomic mass is 16.1. The van der Waals surface area contributed by atoms with Crippen molar-refractivity contribution in [2.24, 2.45) is 5.92 Å². The number of rotatable bonds is 5. The highest BCUT2D eigenvalue weighted by Gasteiger charge is 2.05. The summed E-state index contributed by atoms with van der Waals surface area (Å²) in [6.07, 6.45) is 0.559. The van der Waals surface area contributed by atoms with Gasteiger partial charge in [-0.05, 0) is 31.9 Å². The van der Waals surface area contributed by atoms with Gasteiger partial charge in [-0.25, -0.2) is 0 Å². The zero-order valence-corrected chi connectivity index (χ0v) is 10.7. The molecular weight excluding hydrogens is 200 g/mol. The number of carbonyl (C=O) groups is 1. The lowest BCUT2D eigenvalue weighted by molar-refractivity contribution is -0.121. The van der Waals surface area contributed by atoms with E-state index >= 15 is 0 Å². The summed E-state index contributed by atoms with van der Waals surface area (Å²) in [6, 6.07) is 4.17. The number of aromatic nitrogens is 1. The molecule has 0 spiro atoms. The minimum Gasteiger partial charge on any atom is -0.356 e. The molecule has 0 unspecified atom stereocenters. The van der Waals surface area contributed by atoms with Crippen LogP contribution in [0.25, 0.3) is 0 Å². The van der Waals surface area contributed by atoms with E-state index in [0.717, 1.165) is 13.1 Å². The molecule has 1 amide bonds. The molecule has 0 saturated carbocycles. The summed E-state index contributed by atoms with van der Waals surface area (Å²) in [5, 5.41) is 2.93. The van der Waals surface area contributed by atoms with Gasteiger partial charge in [-0.15, -0.1) is 0 Å². The van der Waals surface area contributed by atoms with Crippen LogP contribution in [0.5, 0.6) is 0 Å². The molecule has 0 fully saturated rings. The second-order valence-electron chi connectivity index (χ2n) is 4.72. The van der Waals surface area contributed by atoms with E-state index in [1.54, 1.807) is 0 Å². The van der Waals surface area contributed by atoms with Crippen molar-refractivity contribution in [2.75, 3.05) is 6.54 Å². The Morgan fingerprint density at radius 3 is 2.38 bits per heavy atom. The molecular formula is C13H22N2O. The van der Waals surface area contributed by atoms with Crippen molar-refractivity contribution < 1.29 is 4.79 Å². The first-order valence-corrected chi connectivity index (χ1v) is 5.90. The lowest BCUT2D eigenvalue weighted by Crippen LogP contribution is -2.28. The van der Waals surface area contributed by atoms with Crippen molar-refractivity contribution in [3.8, 4) is 0 Å². The molecule has 1 N–H and O–H groups in total. The Hall–Kier alpha value is -1.25. The van der Waals surface area contributed by atoms with E-state index < -0.39 is 0 Å². The third-order valence-electron chi connectivity index (χ3n) is 2.69. The zero-order chi connectivity index (χ0) is 12.1. The van der Waals surface area contributed by atoms with Crippen LogP contribution in [0.2, 0.25) is 0 Å². The molecule has 3 heteroatoms. The third-order valence-corrected chi connectivity index (χ3v) is 2.69. The van der Waals surface area contributed by atoms with Crippen molar-refractivity contribution >= 4 is 5.91 Å². The van der Waals surface area contributed by atoms with Gasteiger partial charge in [-0.2, -0.15) is 0 Å². The van der Waals surface area contributed by atoms with Gasteiger partial charge in [0.05, 0.1) is 0 Å². The summed E-state index contributed by atoms with van der Waals surface area (Å²) < 4.78 is 2.18. The summed E-state index contributed by atoms with van der Waals surface area (Å²) in [5.74, 6) is 0.653. The van der Waals surface area contributed by atoms with Gasteiger partial charge in [-0.1, -0.05) is 13.8 Å². The van der Waals surface area contributed by atoms with Gasteiger partial charge in [0, 0.05) is 30.9 Å². The fourth-order valence-corrected chi connectivity index (χ4v) is 1.67. The van der Waals surface area contributed by atoms with E-state index in [0.29, 0.717) is 12.3 Å². The average molecular weight is 222 g/mol. The lowest BCUT2D eigenvalue weighted by atomic mass is 10.2. The summed E-state index contributed by atoms with van der Waals surface area (Å²) in [7, 11) is 0. The fraction of sp³-hybridized carbons (Fsp3) is 0.615. The predicted octanol–water partition coefficient (Wildman–Crippen LogP) is 2.27. The molecule has 3 nitrogen and oxygen atoms in total. The van der Waals surface area contributed by atoms with Crippen LogP contribution in [0.1, 0.15) is 31.7 Å². The van der Waals surface area contributed by atoms with Crippen LogP contribution < -0.4 is 5.32 Å². The maximum atomic E-state index is 11.5. The van der Waals surface area contributed by atoms with E-state index in [1.807, 2.05) is 0 Å². The van der Waals surface area contributed by atoms with Gasteiger partial charge in [0.2, 0.25) is 5.91 Å². The number of carbonyl (C=O) groups excluding carboxylic acids is 1. The Bertz CT molecular complexity index is 333. The molecule has 90 valence electrons. The van der Waals surface area contributed by atoms with Crippen molar-refractivity contribution in [3.05, 3.63) is 23.5 Å². The number of hydrogen-bond acceptors (Lipinski definition) is 1. The maximum absolute atomic E-state index is 11.5. The Morgan fingerprint density at radius 1 is 1.31 bits per heavy atom. The summed E-state index contributed by atoms with van der Waals surface area (Å²) in [5.41, 5.74) is 2.43. The number of amides is 1. The molecule has 0 bridgehead atoms. The molecule has 1 aromatic rings. The van der Waals surface area contributed by atoms with Crippen LogP contribution >= 0.6 is 0 Å². The van der Waals surface area contributed by atoms with Crippen LogP contribution in [-0.4, -0.2) is 17.0 Å². The van der Waals surface area contributed by atoms with E-state index in [9.17, 15) is 4.79 Å². The van der Waals surface area contributed by atoms with Gasteiger partial charge in [0.25, 0.3) is 0 Å². The number of aryl methyl sites for hydroxylation is 2. The molecule has 1 heterocycles. The fourth-order valence-electron chi connectivity index (χ4n) is 1.67. The lowest BCUT2D eigenvalue weighted by Gasteiger charge is -2.10. The third kappa shape index (κ3) is 3.72. The maximum Gasteiger partial charge on any atom is 0.221 e. The standard InChI is InChI=1S/C13H22N2O/c1-10(2)9-14-13(16)7-8-15-11(3)5-6-12(15)4/h5-6,10H,7-9H2,1-4H3,(H,14,16). The topological polar surface area (TPSA) is 34.0 Å². The van der Waals surface area contributed by atoms with E-state index in [-0.39, 0.29) is 5.91 Å². The van der Waals surface area contributed by atoms with Gasteiger partial charge in [0.15, 0.2) is 0 Å². The molecule has 0 atom stereocenters. The number of hydrogen-bond donors (Lipinski definition) is 1. The number of nitrogens with one attached hydrogen (secondary N) is 1. The second kappa shape index (κ2) is 5.73. The molecule has 0 saturated heterocycles. The Labute approximate surface area is 97.8 Å². The molecule has 0 aliphatic rings. The Kier molecular flexibility index (Phi) is 4.59. The largest absolute Gasteiger partial charge is 0.356 e. The predicted molar refractivity (Wildman–Crippen MR) is 66.4 cm³/mol. The minimum absolute atomic E-state index is 0.140. The van der Waals surface area contributed by atoms with Crippen LogP contribution in [0, 0.1) is 19.8 Å². The quantitative estimate of drug-likeness (QED) is 0.814. The van der Waals surface area contributed by atoms with Gasteiger partial charge in [0.1, 0.15) is 0 Å². The molecule has 1 aromatic heterocycles. The Balaban J connectivity index is 2.37. The van der Waals surface area contributed by atoms with Gasteiger partial charge in [-0.3, -0.25) is 4.79 Å². The highest BCUT2D eigenvalue weighted by molar-refractivity contribution is 5.75. The van der Waals surface area contributed by atoms with Crippen LogP contribution in [0.3, 0.4) is 0 Å². The number of nitrogens with zero attached hydrogens (tertiary/aromatic N) is 1. The van der Waals surface area contributed by atoms with Crippen molar-refractivity contribution in [1.29, 1.82) is 0 Å². The molecule has 0 radical (unpaired) electrons. The molecule has 1 rings (SSSR count). The average Bonchev–Trinajstić information content (AvgIpc) is 2.53. The normalized spacial score (nSPS) is 10.8. The minimum atomic E-state index is 0.140. The first-order chi connectivity index (χ1) is 7.50. The Morgan fingerprint density at radius 2 is 1.88 bits per heavy atom. The van der Waals surface area contributed by atoms with Crippen LogP contribution in [0.15, 0.2) is 12.1 Å². The molecule has 16 heavy (non-hydrogen) atoms. The summed E-state index contributed by atoms with van der Waals surface area (Å²) >= 11 is 0. The first kappa shape index (κ1) is 12.8. The SMILES string of the molecule is Cc1ccc(C)n1CCC(=O)NCC(C)C.